The Kier molecular flexibility index (Phi) is 8.69. The Morgan fingerprint density at radius 1 is 0.647 bits per heavy atom. The summed E-state index contributed by atoms with van der Waals surface area (Å²) in [5.74, 6) is 0.0554. The SMILES string of the molecule is CC1CC(C)CN(C(=O)COC(=O)c2ccc(C(=O)OCC(=O)N3CC(C)CC(C)C3)cc2)C1. The van der Waals surface area contributed by atoms with Gasteiger partial charge in [-0.25, -0.2) is 9.59 Å². The van der Waals surface area contributed by atoms with Gasteiger partial charge < -0.3 is 19.3 Å². The normalized spacial score (nSPS) is 24.9. The van der Waals surface area contributed by atoms with E-state index in [1.54, 1.807) is 9.80 Å². The van der Waals surface area contributed by atoms with Gasteiger partial charge in [0.1, 0.15) is 0 Å². The molecule has 4 unspecified atom stereocenters. The van der Waals surface area contributed by atoms with Crippen LogP contribution in [-0.2, 0) is 19.1 Å². The molecule has 0 radical (unpaired) electrons. The Bertz CT molecular complexity index is 806. The molecule has 0 aliphatic carbocycles. The second-order valence-electron chi connectivity index (χ2n) is 10.2. The molecule has 186 valence electrons. The quantitative estimate of drug-likeness (QED) is 0.591. The number of hydrogen-bond acceptors (Lipinski definition) is 6. The molecule has 2 saturated heterocycles. The zero-order valence-electron chi connectivity index (χ0n) is 20.6. The van der Waals surface area contributed by atoms with Gasteiger partial charge in [0.05, 0.1) is 11.1 Å². The number of esters is 2. The highest BCUT2D eigenvalue weighted by molar-refractivity contribution is 5.95. The van der Waals surface area contributed by atoms with Gasteiger partial charge in [-0.3, -0.25) is 9.59 Å². The first kappa shape index (κ1) is 25.7. The monoisotopic (exact) mass is 472 g/mol. The fourth-order valence-electron chi connectivity index (χ4n) is 5.08. The van der Waals surface area contributed by atoms with Crippen LogP contribution in [0.4, 0.5) is 0 Å². The maximum Gasteiger partial charge on any atom is 0.338 e. The predicted molar refractivity (Wildman–Crippen MR) is 126 cm³/mol. The summed E-state index contributed by atoms with van der Waals surface area (Å²) in [7, 11) is 0. The third-order valence-corrected chi connectivity index (χ3v) is 6.45. The number of carbonyl (C=O) groups is 4. The number of carbonyl (C=O) groups excluding carboxylic acids is 4. The number of ether oxygens (including phenoxy) is 2. The molecule has 2 aliphatic rings. The lowest BCUT2D eigenvalue weighted by molar-refractivity contribution is -0.137. The second kappa shape index (κ2) is 11.5. The van der Waals surface area contributed by atoms with Gasteiger partial charge in [0.15, 0.2) is 13.2 Å². The molecule has 0 spiro atoms. The van der Waals surface area contributed by atoms with Gasteiger partial charge in [0, 0.05) is 26.2 Å². The Morgan fingerprint density at radius 3 is 1.24 bits per heavy atom. The highest BCUT2D eigenvalue weighted by Crippen LogP contribution is 2.22. The molecule has 1 aromatic carbocycles. The van der Waals surface area contributed by atoms with Gasteiger partial charge in [-0.2, -0.15) is 0 Å². The van der Waals surface area contributed by atoms with Crippen molar-refractivity contribution < 1.29 is 28.7 Å². The number of likely N-dealkylation sites (tertiary alicyclic amines) is 2. The van der Waals surface area contributed by atoms with Crippen molar-refractivity contribution in [2.75, 3.05) is 39.4 Å². The topological polar surface area (TPSA) is 93.2 Å². The minimum atomic E-state index is -0.630. The summed E-state index contributed by atoms with van der Waals surface area (Å²) in [6.07, 6.45) is 2.17. The summed E-state index contributed by atoms with van der Waals surface area (Å²) in [6, 6.07) is 5.79. The van der Waals surface area contributed by atoms with Crippen molar-refractivity contribution in [1.82, 2.24) is 9.80 Å². The largest absolute Gasteiger partial charge is 0.452 e. The van der Waals surface area contributed by atoms with Crippen LogP contribution >= 0.6 is 0 Å². The third kappa shape index (κ3) is 7.05. The number of amides is 2. The van der Waals surface area contributed by atoms with Gasteiger partial charge in [-0.1, -0.05) is 27.7 Å². The standard InChI is InChI=1S/C26H36N2O6/c1-17-9-18(2)12-27(11-17)23(29)15-33-25(31)21-5-7-22(8-6-21)26(32)34-16-24(30)28-13-19(3)10-20(4)14-28/h5-8,17-20H,9-16H2,1-4H3. The fraction of sp³-hybridized carbons (Fsp3) is 0.615. The van der Waals surface area contributed by atoms with E-state index in [0.29, 0.717) is 49.9 Å². The molecule has 2 amide bonds. The first-order valence-corrected chi connectivity index (χ1v) is 12.1. The molecule has 4 atom stereocenters. The zero-order valence-corrected chi connectivity index (χ0v) is 20.6. The Labute approximate surface area is 201 Å². The molecular formula is C26H36N2O6. The van der Waals surface area contributed by atoms with Crippen LogP contribution in [0.3, 0.4) is 0 Å². The molecule has 2 heterocycles. The molecule has 0 aromatic heterocycles. The number of rotatable bonds is 6. The van der Waals surface area contributed by atoms with E-state index in [1.165, 1.54) is 24.3 Å². The first-order chi connectivity index (χ1) is 16.1. The highest BCUT2D eigenvalue weighted by Gasteiger charge is 2.27. The molecule has 8 nitrogen and oxygen atoms in total. The van der Waals surface area contributed by atoms with E-state index in [4.69, 9.17) is 9.47 Å². The van der Waals surface area contributed by atoms with Crippen molar-refractivity contribution in [2.24, 2.45) is 23.7 Å². The average Bonchev–Trinajstić information content (AvgIpc) is 2.79. The van der Waals surface area contributed by atoms with Crippen LogP contribution in [0.1, 0.15) is 61.3 Å². The first-order valence-electron chi connectivity index (χ1n) is 12.1. The lowest BCUT2D eigenvalue weighted by Gasteiger charge is -2.34. The van der Waals surface area contributed by atoms with Crippen molar-refractivity contribution in [3.8, 4) is 0 Å². The van der Waals surface area contributed by atoms with Crippen molar-refractivity contribution in [2.45, 2.75) is 40.5 Å². The average molecular weight is 473 g/mol. The van der Waals surface area contributed by atoms with E-state index >= 15 is 0 Å². The zero-order chi connectivity index (χ0) is 24.8. The maximum atomic E-state index is 12.4. The lowest BCUT2D eigenvalue weighted by Crippen LogP contribution is -2.44. The van der Waals surface area contributed by atoms with Crippen LogP contribution < -0.4 is 0 Å². The summed E-state index contributed by atoms with van der Waals surface area (Å²) in [4.78, 5) is 53.0. The lowest BCUT2D eigenvalue weighted by atomic mass is 9.92. The molecule has 8 heteroatoms. The minimum Gasteiger partial charge on any atom is -0.452 e. The molecule has 2 fully saturated rings. The van der Waals surface area contributed by atoms with Crippen LogP contribution in [0.5, 0.6) is 0 Å². The Balaban J connectivity index is 1.45. The van der Waals surface area contributed by atoms with E-state index in [1.807, 2.05) is 0 Å². The molecule has 0 N–H and O–H groups in total. The molecule has 1 aromatic rings. The van der Waals surface area contributed by atoms with Gasteiger partial charge in [0.25, 0.3) is 11.8 Å². The third-order valence-electron chi connectivity index (χ3n) is 6.45. The summed E-state index contributed by atoms with van der Waals surface area (Å²) in [5.41, 5.74) is 0.467. The van der Waals surface area contributed by atoms with E-state index in [0.717, 1.165) is 12.8 Å². The minimum absolute atomic E-state index is 0.200. The summed E-state index contributed by atoms with van der Waals surface area (Å²) in [5, 5.41) is 0. The molecule has 34 heavy (non-hydrogen) atoms. The van der Waals surface area contributed by atoms with Gasteiger partial charge in [-0.05, 0) is 60.8 Å². The highest BCUT2D eigenvalue weighted by atomic mass is 16.5. The predicted octanol–water partition coefficient (Wildman–Crippen LogP) is 3.01. The van der Waals surface area contributed by atoms with Gasteiger partial charge >= 0.3 is 11.9 Å². The number of hydrogen-bond donors (Lipinski definition) is 0. The molecular weight excluding hydrogens is 436 g/mol. The molecule has 2 aliphatic heterocycles. The van der Waals surface area contributed by atoms with E-state index in [9.17, 15) is 19.2 Å². The summed E-state index contributed by atoms with van der Waals surface area (Å²) >= 11 is 0. The number of piperidine rings is 2. The van der Waals surface area contributed by atoms with Gasteiger partial charge in [-0.15, -0.1) is 0 Å². The van der Waals surface area contributed by atoms with Crippen molar-refractivity contribution >= 4 is 23.8 Å². The van der Waals surface area contributed by atoms with Crippen LogP contribution in [0.15, 0.2) is 24.3 Å². The molecule has 3 rings (SSSR count). The Morgan fingerprint density at radius 2 is 0.941 bits per heavy atom. The van der Waals surface area contributed by atoms with Crippen LogP contribution in [0.2, 0.25) is 0 Å². The van der Waals surface area contributed by atoms with Gasteiger partial charge in [0.2, 0.25) is 0 Å². The van der Waals surface area contributed by atoms with Crippen molar-refractivity contribution in [1.29, 1.82) is 0 Å². The summed E-state index contributed by atoms with van der Waals surface area (Å²) < 4.78 is 10.4. The van der Waals surface area contributed by atoms with Crippen LogP contribution in [0, 0.1) is 23.7 Å². The van der Waals surface area contributed by atoms with Crippen LogP contribution in [-0.4, -0.2) is 72.9 Å². The fourth-order valence-corrected chi connectivity index (χ4v) is 5.08. The molecule has 0 saturated carbocycles. The second-order valence-corrected chi connectivity index (χ2v) is 10.2. The van der Waals surface area contributed by atoms with E-state index < -0.39 is 11.9 Å². The number of benzene rings is 1. The van der Waals surface area contributed by atoms with Crippen molar-refractivity contribution in [3.63, 3.8) is 0 Å². The number of nitrogens with zero attached hydrogens (tertiary/aromatic N) is 2. The summed E-state index contributed by atoms with van der Waals surface area (Å²) in [6.45, 7) is 10.5. The maximum absolute atomic E-state index is 12.4. The van der Waals surface area contributed by atoms with Crippen molar-refractivity contribution in [3.05, 3.63) is 35.4 Å². The smallest absolute Gasteiger partial charge is 0.338 e. The van der Waals surface area contributed by atoms with E-state index in [-0.39, 0.29) is 36.2 Å². The molecule has 0 bridgehead atoms. The van der Waals surface area contributed by atoms with Crippen LogP contribution in [0.25, 0.3) is 0 Å². The van der Waals surface area contributed by atoms with E-state index in [2.05, 4.69) is 27.7 Å². The Hall–Kier alpha value is -2.90.